The molecular formula is C28H29N3O4. The molecule has 0 bridgehead atoms. The van der Waals surface area contributed by atoms with Crippen LogP contribution in [0.4, 0.5) is 10.5 Å². The third-order valence-electron chi connectivity index (χ3n) is 5.73. The van der Waals surface area contributed by atoms with Gasteiger partial charge in [0.25, 0.3) is 5.91 Å². The Labute approximate surface area is 205 Å². The average Bonchev–Trinajstić information content (AvgIpc) is 3.15. The van der Waals surface area contributed by atoms with Crippen LogP contribution >= 0.6 is 0 Å². The number of aryl methyl sites for hydroxylation is 1. The molecule has 3 amide bonds. The summed E-state index contributed by atoms with van der Waals surface area (Å²) >= 11 is 0. The van der Waals surface area contributed by atoms with E-state index in [4.69, 9.17) is 4.74 Å². The van der Waals surface area contributed by atoms with Gasteiger partial charge >= 0.3 is 6.09 Å². The molecule has 0 spiro atoms. The number of carbonyl (C=O) groups excluding carboxylic acids is 3. The summed E-state index contributed by atoms with van der Waals surface area (Å²) in [5, 5.41) is 5.81. The van der Waals surface area contributed by atoms with Crippen molar-refractivity contribution in [3.63, 3.8) is 0 Å². The Morgan fingerprint density at radius 1 is 0.971 bits per heavy atom. The Morgan fingerprint density at radius 2 is 1.71 bits per heavy atom. The fourth-order valence-corrected chi connectivity index (χ4v) is 4.14. The Hall–Kier alpha value is -4.13. The van der Waals surface area contributed by atoms with Gasteiger partial charge in [0, 0.05) is 17.3 Å². The molecule has 180 valence electrons. The van der Waals surface area contributed by atoms with Crippen LogP contribution in [-0.4, -0.2) is 34.9 Å². The topological polar surface area (TPSA) is 87.7 Å². The second kappa shape index (κ2) is 10.4. The Morgan fingerprint density at radius 3 is 2.43 bits per heavy atom. The molecule has 4 rings (SSSR count). The quantitative estimate of drug-likeness (QED) is 0.517. The van der Waals surface area contributed by atoms with Gasteiger partial charge in [-0.05, 0) is 56.2 Å². The lowest BCUT2D eigenvalue weighted by molar-refractivity contribution is -0.126. The zero-order valence-corrected chi connectivity index (χ0v) is 20.0. The third kappa shape index (κ3) is 5.69. The fraction of sp³-hybridized carbons (Fsp3) is 0.250. The van der Waals surface area contributed by atoms with E-state index in [-0.39, 0.29) is 24.4 Å². The fourth-order valence-electron chi connectivity index (χ4n) is 4.14. The average molecular weight is 472 g/mol. The van der Waals surface area contributed by atoms with Crippen LogP contribution in [0.1, 0.15) is 47.0 Å². The molecule has 1 aliphatic heterocycles. The van der Waals surface area contributed by atoms with Crippen LogP contribution < -0.4 is 10.6 Å². The summed E-state index contributed by atoms with van der Waals surface area (Å²) < 4.78 is 5.72. The molecule has 7 nitrogen and oxygen atoms in total. The van der Waals surface area contributed by atoms with E-state index in [1.165, 1.54) is 4.90 Å². The number of nitrogens with zero attached hydrogens (tertiary/aromatic N) is 1. The molecule has 3 aromatic carbocycles. The molecule has 2 unspecified atom stereocenters. The van der Waals surface area contributed by atoms with E-state index in [2.05, 4.69) is 10.6 Å². The van der Waals surface area contributed by atoms with Crippen molar-refractivity contribution in [2.45, 2.75) is 45.5 Å². The minimum Gasteiger partial charge on any atom is -0.438 e. The summed E-state index contributed by atoms with van der Waals surface area (Å²) in [5.41, 5.74) is 3.61. The van der Waals surface area contributed by atoms with Crippen molar-refractivity contribution in [2.75, 3.05) is 5.32 Å². The first-order chi connectivity index (χ1) is 16.8. The maximum Gasteiger partial charge on any atom is 0.411 e. The summed E-state index contributed by atoms with van der Waals surface area (Å²) in [6.45, 7) is 5.91. The van der Waals surface area contributed by atoms with Crippen LogP contribution in [0.15, 0.2) is 78.9 Å². The largest absolute Gasteiger partial charge is 0.438 e. The summed E-state index contributed by atoms with van der Waals surface area (Å²) in [6, 6.07) is 22.9. The first-order valence-electron chi connectivity index (χ1n) is 11.6. The number of nitrogens with one attached hydrogen (secondary N) is 2. The first-order valence-corrected chi connectivity index (χ1v) is 11.6. The molecule has 2 atom stereocenters. The number of benzene rings is 3. The van der Waals surface area contributed by atoms with E-state index in [0.29, 0.717) is 16.8 Å². The second-order valence-corrected chi connectivity index (χ2v) is 8.98. The SMILES string of the molecule is Cc1cccc(C(=O)Nc2cccc(C3OC(=O)N(Cc4ccccc4)C3C(=O)NC(C)C)c2)c1. The van der Waals surface area contributed by atoms with E-state index in [1.807, 2.05) is 69.3 Å². The molecular weight excluding hydrogens is 442 g/mol. The molecule has 3 aromatic rings. The zero-order chi connectivity index (χ0) is 24.9. The van der Waals surface area contributed by atoms with Gasteiger partial charge in [-0.1, -0.05) is 60.2 Å². The molecule has 7 heteroatoms. The van der Waals surface area contributed by atoms with Crippen LogP contribution in [0.25, 0.3) is 0 Å². The van der Waals surface area contributed by atoms with Gasteiger partial charge in [0.1, 0.15) is 0 Å². The van der Waals surface area contributed by atoms with Gasteiger partial charge in [-0.25, -0.2) is 4.79 Å². The summed E-state index contributed by atoms with van der Waals surface area (Å²) in [6.07, 6.45) is -1.38. The molecule has 1 saturated heterocycles. The highest BCUT2D eigenvalue weighted by atomic mass is 16.6. The highest BCUT2D eigenvalue weighted by Gasteiger charge is 2.47. The lowest BCUT2D eigenvalue weighted by atomic mass is 9.99. The van der Waals surface area contributed by atoms with Crippen molar-refractivity contribution in [2.24, 2.45) is 0 Å². The highest BCUT2D eigenvalue weighted by Crippen LogP contribution is 2.35. The predicted octanol–water partition coefficient (Wildman–Crippen LogP) is 4.83. The molecule has 0 radical (unpaired) electrons. The zero-order valence-electron chi connectivity index (χ0n) is 20.0. The van der Waals surface area contributed by atoms with Crippen molar-refractivity contribution in [1.29, 1.82) is 0 Å². The number of rotatable bonds is 7. The standard InChI is InChI=1S/C28H29N3O4/c1-18(2)29-27(33)24-25(35-28(34)31(24)17-20-10-5-4-6-11-20)21-12-8-14-23(16-21)30-26(32)22-13-7-9-19(3)15-22/h4-16,18,24-25H,17H2,1-3H3,(H,29,33)(H,30,32). The summed E-state index contributed by atoms with van der Waals surface area (Å²) in [4.78, 5) is 40.3. The Kier molecular flexibility index (Phi) is 7.15. The predicted molar refractivity (Wildman–Crippen MR) is 134 cm³/mol. The number of carbonyl (C=O) groups is 3. The maximum absolute atomic E-state index is 13.2. The molecule has 0 aliphatic carbocycles. The summed E-state index contributed by atoms with van der Waals surface area (Å²) in [7, 11) is 0. The summed E-state index contributed by atoms with van der Waals surface area (Å²) in [5.74, 6) is -0.532. The molecule has 1 aliphatic rings. The molecule has 2 N–H and O–H groups in total. The number of ether oxygens (including phenoxy) is 1. The van der Waals surface area contributed by atoms with Crippen molar-refractivity contribution in [1.82, 2.24) is 10.2 Å². The van der Waals surface area contributed by atoms with Crippen LogP contribution in [0.5, 0.6) is 0 Å². The smallest absolute Gasteiger partial charge is 0.411 e. The van der Waals surface area contributed by atoms with Gasteiger partial charge < -0.3 is 15.4 Å². The van der Waals surface area contributed by atoms with Gasteiger partial charge in [-0.15, -0.1) is 0 Å². The minimum atomic E-state index is -0.854. The number of cyclic esters (lactones) is 1. The molecule has 35 heavy (non-hydrogen) atoms. The van der Waals surface area contributed by atoms with Crippen molar-refractivity contribution >= 4 is 23.6 Å². The minimum absolute atomic E-state index is 0.0996. The monoisotopic (exact) mass is 471 g/mol. The first kappa shape index (κ1) is 24.0. The van der Waals surface area contributed by atoms with Crippen LogP contribution in [-0.2, 0) is 16.1 Å². The van der Waals surface area contributed by atoms with E-state index >= 15 is 0 Å². The van der Waals surface area contributed by atoms with E-state index < -0.39 is 18.2 Å². The van der Waals surface area contributed by atoms with Crippen molar-refractivity contribution in [3.8, 4) is 0 Å². The van der Waals surface area contributed by atoms with Crippen LogP contribution in [0, 0.1) is 6.92 Å². The maximum atomic E-state index is 13.2. The lowest BCUT2D eigenvalue weighted by Gasteiger charge is -2.25. The van der Waals surface area contributed by atoms with E-state index in [0.717, 1.165) is 11.1 Å². The van der Waals surface area contributed by atoms with Gasteiger partial charge in [0.2, 0.25) is 5.91 Å². The Balaban J connectivity index is 1.61. The molecule has 1 heterocycles. The molecule has 0 saturated carbocycles. The van der Waals surface area contributed by atoms with E-state index in [9.17, 15) is 14.4 Å². The van der Waals surface area contributed by atoms with Crippen LogP contribution in [0.2, 0.25) is 0 Å². The van der Waals surface area contributed by atoms with Crippen LogP contribution in [0.3, 0.4) is 0 Å². The number of amides is 3. The molecule has 1 fully saturated rings. The lowest BCUT2D eigenvalue weighted by Crippen LogP contribution is -2.48. The number of hydrogen-bond acceptors (Lipinski definition) is 4. The third-order valence-corrected chi connectivity index (χ3v) is 5.73. The van der Waals surface area contributed by atoms with Gasteiger partial charge in [-0.3, -0.25) is 14.5 Å². The highest BCUT2D eigenvalue weighted by molar-refractivity contribution is 6.04. The van der Waals surface area contributed by atoms with Gasteiger partial charge in [-0.2, -0.15) is 0 Å². The van der Waals surface area contributed by atoms with Crippen molar-refractivity contribution < 1.29 is 19.1 Å². The van der Waals surface area contributed by atoms with Crippen molar-refractivity contribution in [3.05, 3.63) is 101 Å². The van der Waals surface area contributed by atoms with E-state index in [1.54, 1.807) is 30.3 Å². The Bertz CT molecular complexity index is 1230. The number of hydrogen-bond donors (Lipinski definition) is 2. The van der Waals surface area contributed by atoms with Gasteiger partial charge in [0.05, 0.1) is 6.54 Å². The molecule has 0 aromatic heterocycles. The van der Waals surface area contributed by atoms with Gasteiger partial charge in [0.15, 0.2) is 12.1 Å². The second-order valence-electron chi connectivity index (χ2n) is 8.98. The number of anilines is 1. The normalized spacial score (nSPS) is 17.3.